The molecule has 0 aromatic heterocycles. The predicted molar refractivity (Wildman–Crippen MR) is 122 cm³/mol. The number of hydrogen-bond acceptors (Lipinski definition) is 6. The largest absolute Gasteiger partial charge is 0.504 e. The topological polar surface area (TPSA) is 136 Å². The number of likely N-dealkylation sites (N-methyl/N-ethyl adjacent to an activating group) is 1. The van der Waals surface area contributed by atoms with Crippen LogP contribution < -0.4 is 14.9 Å². The number of anilines is 1. The van der Waals surface area contributed by atoms with Crippen molar-refractivity contribution in [1.29, 1.82) is 0 Å². The zero-order valence-electron chi connectivity index (χ0n) is 18.6. The van der Waals surface area contributed by atoms with E-state index in [0.29, 0.717) is 6.07 Å². The summed E-state index contributed by atoms with van der Waals surface area (Å²) in [4.78, 5) is 25.9. The molecule has 3 amide bonds. The van der Waals surface area contributed by atoms with Crippen LogP contribution in [0.4, 0.5) is 23.7 Å². The average molecular weight is 523 g/mol. The summed E-state index contributed by atoms with van der Waals surface area (Å²) in [5.74, 6) is -4.88. The monoisotopic (exact) mass is 523 g/mol. The number of carbonyl (C=O) groups excluding carboxylic acids is 2. The SMILES string of the molecule is CN(C(=O)C(Cc1cc(F)cc(F)c1)NC(=O)NS(=O)(=O)c1ccccc1F)c1ccc(O)c(O)c1. The van der Waals surface area contributed by atoms with Crippen LogP contribution in [0.5, 0.6) is 11.5 Å². The third-order valence-electron chi connectivity index (χ3n) is 5.00. The molecular formula is C23H20F3N3O6S. The first-order chi connectivity index (χ1) is 16.9. The van der Waals surface area contributed by atoms with Gasteiger partial charge in [-0.05, 0) is 42.0 Å². The van der Waals surface area contributed by atoms with Crippen LogP contribution in [0.15, 0.2) is 65.6 Å². The Hall–Kier alpha value is -4.26. The number of sulfonamides is 1. The Morgan fingerprint density at radius 1 is 0.944 bits per heavy atom. The Morgan fingerprint density at radius 2 is 1.58 bits per heavy atom. The molecule has 0 aliphatic carbocycles. The number of nitrogens with one attached hydrogen (secondary N) is 2. The van der Waals surface area contributed by atoms with E-state index in [0.717, 1.165) is 41.3 Å². The Morgan fingerprint density at radius 3 is 2.19 bits per heavy atom. The van der Waals surface area contributed by atoms with Crippen molar-refractivity contribution in [2.75, 3.05) is 11.9 Å². The third kappa shape index (κ3) is 6.24. The zero-order valence-corrected chi connectivity index (χ0v) is 19.4. The number of rotatable bonds is 7. The van der Waals surface area contributed by atoms with Gasteiger partial charge in [-0.25, -0.2) is 31.1 Å². The maximum atomic E-state index is 13.9. The summed E-state index contributed by atoms with van der Waals surface area (Å²) in [7, 11) is -3.42. The number of aromatic hydroxyl groups is 2. The highest BCUT2D eigenvalue weighted by molar-refractivity contribution is 7.90. The van der Waals surface area contributed by atoms with Gasteiger partial charge in [0, 0.05) is 31.3 Å². The summed E-state index contributed by atoms with van der Waals surface area (Å²) in [5.41, 5.74) is 0.0389. The van der Waals surface area contributed by atoms with Gasteiger partial charge in [0.25, 0.3) is 10.0 Å². The van der Waals surface area contributed by atoms with E-state index in [4.69, 9.17) is 0 Å². The number of phenolic OH excluding ortho intramolecular Hbond substituents is 2. The molecule has 3 rings (SSSR count). The molecule has 0 fully saturated rings. The smallest absolute Gasteiger partial charge is 0.329 e. The lowest BCUT2D eigenvalue weighted by Gasteiger charge is -2.25. The van der Waals surface area contributed by atoms with E-state index in [1.165, 1.54) is 25.2 Å². The van der Waals surface area contributed by atoms with E-state index in [-0.39, 0.29) is 11.3 Å². The lowest BCUT2D eigenvalue weighted by Crippen LogP contribution is -2.52. The molecule has 3 aromatic carbocycles. The molecule has 0 saturated heterocycles. The lowest BCUT2D eigenvalue weighted by molar-refractivity contribution is -0.120. The van der Waals surface area contributed by atoms with Crippen LogP contribution >= 0.6 is 0 Å². The molecule has 36 heavy (non-hydrogen) atoms. The minimum Gasteiger partial charge on any atom is -0.504 e. The Labute approximate surface area is 203 Å². The van der Waals surface area contributed by atoms with Crippen molar-refractivity contribution in [1.82, 2.24) is 10.0 Å². The number of halogens is 3. The van der Waals surface area contributed by atoms with Gasteiger partial charge in [-0.3, -0.25) is 4.79 Å². The normalized spacial score (nSPS) is 12.0. The van der Waals surface area contributed by atoms with E-state index in [2.05, 4.69) is 5.32 Å². The highest BCUT2D eigenvalue weighted by Crippen LogP contribution is 2.29. The average Bonchev–Trinajstić information content (AvgIpc) is 2.78. The summed E-state index contributed by atoms with van der Waals surface area (Å²) >= 11 is 0. The quantitative estimate of drug-likeness (QED) is 0.352. The van der Waals surface area contributed by atoms with Crippen molar-refractivity contribution < 1.29 is 41.4 Å². The highest BCUT2D eigenvalue weighted by atomic mass is 32.2. The first-order valence-corrected chi connectivity index (χ1v) is 11.7. The van der Waals surface area contributed by atoms with Gasteiger partial charge in [-0.15, -0.1) is 0 Å². The van der Waals surface area contributed by atoms with Gasteiger partial charge in [0.2, 0.25) is 5.91 Å². The maximum absolute atomic E-state index is 13.9. The molecule has 4 N–H and O–H groups in total. The van der Waals surface area contributed by atoms with Gasteiger partial charge >= 0.3 is 6.03 Å². The van der Waals surface area contributed by atoms with Crippen LogP contribution in [-0.2, 0) is 21.2 Å². The van der Waals surface area contributed by atoms with E-state index >= 15 is 0 Å². The van der Waals surface area contributed by atoms with Crippen molar-refractivity contribution in [3.63, 3.8) is 0 Å². The second kappa shape index (κ2) is 10.6. The van der Waals surface area contributed by atoms with Crippen LogP contribution in [-0.4, -0.2) is 43.7 Å². The minimum atomic E-state index is -4.67. The summed E-state index contributed by atoms with van der Waals surface area (Å²) < 4.78 is 67.8. The number of hydrogen-bond donors (Lipinski definition) is 4. The standard InChI is InChI=1S/C23H20F3N3O6S/c1-29(16-6-7-19(30)20(31)12-16)22(32)18(10-13-8-14(24)11-15(25)9-13)27-23(33)28-36(34,35)21-5-3-2-4-17(21)26/h2-9,11-12,18,30-31H,10H2,1H3,(H2,27,28,33). The van der Waals surface area contributed by atoms with Gasteiger partial charge in [0.05, 0.1) is 0 Å². The molecule has 1 unspecified atom stereocenters. The molecule has 0 aliphatic heterocycles. The molecule has 0 bridgehead atoms. The van der Waals surface area contributed by atoms with Gasteiger partial charge in [-0.2, -0.15) is 0 Å². The molecule has 190 valence electrons. The highest BCUT2D eigenvalue weighted by Gasteiger charge is 2.29. The molecule has 9 nitrogen and oxygen atoms in total. The Bertz CT molecular complexity index is 1400. The van der Waals surface area contributed by atoms with Crippen LogP contribution in [0.3, 0.4) is 0 Å². The van der Waals surface area contributed by atoms with E-state index < -0.39 is 68.3 Å². The second-order valence-corrected chi connectivity index (χ2v) is 9.26. The molecule has 0 saturated carbocycles. The van der Waals surface area contributed by atoms with E-state index in [9.17, 15) is 41.4 Å². The number of benzene rings is 3. The van der Waals surface area contributed by atoms with E-state index in [1.807, 2.05) is 0 Å². The number of nitrogens with zero attached hydrogens (tertiary/aromatic N) is 1. The van der Waals surface area contributed by atoms with Crippen molar-refractivity contribution >= 4 is 27.6 Å². The molecule has 3 aromatic rings. The van der Waals surface area contributed by atoms with Gasteiger partial charge in [0.1, 0.15) is 28.4 Å². The molecule has 13 heteroatoms. The first kappa shape index (κ1) is 26.3. The number of carbonyl (C=O) groups is 2. The minimum absolute atomic E-state index is 0.0370. The van der Waals surface area contributed by atoms with Gasteiger partial charge in [0.15, 0.2) is 11.5 Å². The van der Waals surface area contributed by atoms with Crippen LogP contribution in [0.1, 0.15) is 5.56 Å². The molecular weight excluding hydrogens is 503 g/mol. The first-order valence-electron chi connectivity index (χ1n) is 10.2. The number of phenols is 2. The number of amides is 3. The zero-order chi connectivity index (χ0) is 26.6. The molecule has 0 spiro atoms. The lowest BCUT2D eigenvalue weighted by atomic mass is 10.0. The van der Waals surface area contributed by atoms with Crippen molar-refractivity contribution in [2.24, 2.45) is 0 Å². The van der Waals surface area contributed by atoms with Crippen LogP contribution in [0, 0.1) is 17.5 Å². The molecule has 0 heterocycles. The molecule has 1 atom stereocenters. The molecule has 0 radical (unpaired) electrons. The van der Waals surface area contributed by atoms with Crippen molar-refractivity contribution in [3.8, 4) is 11.5 Å². The second-order valence-electron chi connectivity index (χ2n) is 7.61. The van der Waals surface area contributed by atoms with Crippen molar-refractivity contribution in [2.45, 2.75) is 17.4 Å². The summed E-state index contributed by atoms with van der Waals surface area (Å²) in [6.45, 7) is 0. The van der Waals surface area contributed by atoms with Gasteiger partial charge in [-0.1, -0.05) is 12.1 Å². The Balaban J connectivity index is 1.89. The number of urea groups is 1. The summed E-state index contributed by atoms with van der Waals surface area (Å²) in [6.07, 6.45) is -0.463. The van der Waals surface area contributed by atoms with Crippen LogP contribution in [0.25, 0.3) is 0 Å². The fourth-order valence-corrected chi connectivity index (χ4v) is 4.27. The Kier molecular flexibility index (Phi) is 7.73. The molecule has 0 aliphatic rings. The maximum Gasteiger partial charge on any atom is 0.329 e. The van der Waals surface area contributed by atoms with E-state index in [1.54, 1.807) is 4.72 Å². The fourth-order valence-electron chi connectivity index (χ4n) is 3.27. The van der Waals surface area contributed by atoms with Crippen molar-refractivity contribution in [3.05, 3.63) is 83.7 Å². The summed E-state index contributed by atoms with van der Waals surface area (Å²) in [5, 5.41) is 21.3. The third-order valence-corrected chi connectivity index (χ3v) is 6.36. The van der Waals surface area contributed by atoms with Gasteiger partial charge < -0.3 is 20.4 Å². The van der Waals surface area contributed by atoms with Crippen LogP contribution in [0.2, 0.25) is 0 Å². The fraction of sp³-hybridized carbons (Fsp3) is 0.130. The summed E-state index contributed by atoms with van der Waals surface area (Å²) in [6, 6.07) is 7.19. The predicted octanol–water partition coefficient (Wildman–Crippen LogP) is 2.78.